The van der Waals surface area contributed by atoms with Gasteiger partial charge in [0.1, 0.15) is 0 Å². The Balaban J connectivity index is 0.00000121. The van der Waals surface area contributed by atoms with Gasteiger partial charge in [0.2, 0.25) is 0 Å². The molecular weight excluding hydrogens is 158 g/mol. The normalized spacial score (nSPS) is 23.7. The van der Waals surface area contributed by atoms with E-state index >= 15 is 0 Å². The molecule has 1 aliphatic heterocycles. The fourth-order valence-corrected chi connectivity index (χ4v) is 2.13. The summed E-state index contributed by atoms with van der Waals surface area (Å²) in [5.41, 5.74) is 1.02. The lowest BCUT2D eigenvalue weighted by Gasteiger charge is -2.11. The summed E-state index contributed by atoms with van der Waals surface area (Å²) in [7, 11) is 0. The number of carbonyl (C=O) groups is 1. The topological polar surface area (TPSA) is 29.1 Å². The molecule has 1 atom stereocenters. The van der Waals surface area contributed by atoms with Crippen molar-refractivity contribution in [3.05, 3.63) is 12.3 Å². The van der Waals surface area contributed by atoms with E-state index < -0.39 is 0 Å². The molecule has 0 aromatic carbocycles. The Hall–Kier alpha value is -0.440. The summed E-state index contributed by atoms with van der Waals surface area (Å²) in [6.07, 6.45) is 0.663. The van der Waals surface area contributed by atoms with Crippen molar-refractivity contribution in [2.24, 2.45) is 5.92 Å². The zero-order valence-electron chi connectivity index (χ0n) is 6.72. The van der Waals surface area contributed by atoms with E-state index in [1.54, 1.807) is 0 Å². The van der Waals surface area contributed by atoms with Crippen LogP contribution in [0.3, 0.4) is 0 Å². The van der Waals surface area contributed by atoms with E-state index in [0.717, 1.165) is 18.0 Å². The molecule has 1 fully saturated rings. The molecule has 0 spiro atoms. The molecule has 1 aliphatic rings. The van der Waals surface area contributed by atoms with Gasteiger partial charge in [-0.25, -0.2) is 0 Å². The Morgan fingerprint density at radius 2 is 2.73 bits per heavy atom. The zero-order valence-corrected chi connectivity index (χ0v) is 7.54. The van der Waals surface area contributed by atoms with Crippen LogP contribution in [0.5, 0.6) is 0 Å². The van der Waals surface area contributed by atoms with Crippen LogP contribution in [0.4, 0.5) is 0 Å². The summed E-state index contributed by atoms with van der Waals surface area (Å²) < 4.78 is 0. The Kier molecular flexibility index (Phi) is 3.00. The number of rotatable bonds is 3. The van der Waals surface area contributed by atoms with Gasteiger partial charge in [-0.3, -0.25) is 4.79 Å². The van der Waals surface area contributed by atoms with Crippen LogP contribution in [-0.2, 0) is 4.79 Å². The van der Waals surface area contributed by atoms with E-state index in [4.69, 9.17) is 0 Å². The smallest absolute Gasteiger partial charge is 0.189 e. The summed E-state index contributed by atoms with van der Waals surface area (Å²) in [6, 6.07) is 0. The molecule has 1 rings (SSSR count). The molecule has 0 radical (unpaired) electrons. The molecule has 0 amide bonds. The highest BCUT2D eigenvalue weighted by Gasteiger charge is 2.24. The minimum atomic E-state index is 0. The van der Waals surface area contributed by atoms with E-state index in [1.165, 1.54) is 11.8 Å². The monoisotopic (exact) mass is 173 g/mol. The Morgan fingerprint density at radius 3 is 3.18 bits per heavy atom. The first kappa shape index (κ1) is 8.65. The number of allylic oxidation sites excluding steroid dienone is 1. The minimum Gasteiger partial charge on any atom is -0.389 e. The third-order valence-corrected chi connectivity index (χ3v) is 2.81. The maximum absolute atomic E-state index is 10.9. The second-order valence-corrected chi connectivity index (χ2v) is 3.72. The van der Waals surface area contributed by atoms with Gasteiger partial charge in [-0.1, -0.05) is 18.3 Å². The Bertz CT molecular complexity index is 184. The van der Waals surface area contributed by atoms with E-state index in [2.05, 4.69) is 11.9 Å². The highest BCUT2D eigenvalue weighted by atomic mass is 32.2. The van der Waals surface area contributed by atoms with Crippen molar-refractivity contribution < 1.29 is 6.22 Å². The molecule has 0 unspecified atom stereocenters. The Labute approximate surface area is 72.9 Å². The summed E-state index contributed by atoms with van der Waals surface area (Å²) >= 11 is 1.42. The van der Waals surface area contributed by atoms with Gasteiger partial charge in [0.05, 0.1) is 0 Å². The van der Waals surface area contributed by atoms with Gasteiger partial charge in [0.25, 0.3) is 0 Å². The number of hydrogen-bond donors (Lipinski definition) is 1. The zero-order chi connectivity index (χ0) is 8.27. The van der Waals surface area contributed by atoms with Crippen LogP contribution in [0, 0.1) is 5.92 Å². The predicted molar refractivity (Wildman–Crippen MR) is 50.5 cm³/mol. The number of carbonyl (C=O) groups excluding carboxylic acids is 1. The average molecular weight is 173 g/mol. The third kappa shape index (κ3) is 2.26. The van der Waals surface area contributed by atoms with Gasteiger partial charge in [0, 0.05) is 31.8 Å². The third-order valence-electron chi connectivity index (χ3n) is 1.76. The van der Waals surface area contributed by atoms with Crippen molar-refractivity contribution in [3.8, 4) is 0 Å². The van der Waals surface area contributed by atoms with Crippen LogP contribution in [0.1, 0.15) is 14.8 Å². The van der Waals surface area contributed by atoms with Crippen LogP contribution in [0.2, 0.25) is 0 Å². The van der Waals surface area contributed by atoms with Gasteiger partial charge < -0.3 is 5.32 Å². The molecule has 2 nitrogen and oxygen atoms in total. The van der Waals surface area contributed by atoms with Gasteiger partial charge in [-0.2, -0.15) is 0 Å². The van der Waals surface area contributed by atoms with Crippen molar-refractivity contribution in [3.63, 3.8) is 0 Å². The van der Waals surface area contributed by atoms with Gasteiger partial charge in [-0.15, -0.1) is 0 Å². The fourth-order valence-electron chi connectivity index (χ4n) is 1.11. The quantitative estimate of drug-likeness (QED) is 0.703. The number of nitrogens with one attached hydrogen (secondary N) is 1. The summed E-state index contributed by atoms with van der Waals surface area (Å²) in [5.74, 6) is 1.28. The van der Waals surface area contributed by atoms with Crippen molar-refractivity contribution >= 4 is 16.9 Å². The molecular formula is C8H15NOS. The summed E-state index contributed by atoms with van der Waals surface area (Å²) in [6.45, 7) is 6.82. The van der Waals surface area contributed by atoms with Crippen molar-refractivity contribution in [2.45, 2.75) is 13.3 Å². The van der Waals surface area contributed by atoms with Gasteiger partial charge in [0.15, 0.2) is 5.12 Å². The number of thioether (sulfide) groups is 1. The molecule has 11 heavy (non-hydrogen) atoms. The first-order chi connectivity index (χ1) is 5.24. The fraction of sp³-hybridized carbons (Fsp3) is 0.625. The predicted octanol–water partition coefficient (Wildman–Crippen LogP) is 1.64. The molecule has 0 saturated carbocycles. The first-order valence-corrected chi connectivity index (χ1v) is 4.81. The molecule has 64 valence electrons. The second-order valence-electron chi connectivity index (χ2n) is 2.64. The van der Waals surface area contributed by atoms with Crippen LogP contribution < -0.4 is 5.32 Å². The van der Waals surface area contributed by atoms with Crippen LogP contribution in [0.15, 0.2) is 12.3 Å². The molecule has 0 aromatic heterocycles. The van der Waals surface area contributed by atoms with E-state index in [0.29, 0.717) is 17.5 Å². The first-order valence-electron chi connectivity index (χ1n) is 3.82. The molecule has 1 heterocycles. The SMILES string of the molecule is C=C(NCC)[C@H]1CSC(=O)C1.[HH]. The van der Waals surface area contributed by atoms with Crippen molar-refractivity contribution in [1.29, 1.82) is 0 Å². The average Bonchev–Trinajstić information content (AvgIpc) is 2.36. The lowest BCUT2D eigenvalue weighted by atomic mass is 10.1. The minimum absolute atomic E-state index is 0. The lowest BCUT2D eigenvalue weighted by Crippen LogP contribution is -2.18. The summed E-state index contributed by atoms with van der Waals surface area (Å²) in [4.78, 5) is 10.9. The van der Waals surface area contributed by atoms with Crippen LogP contribution >= 0.6 is 11.8 Å². The molecule has 0 aliphatic carbocycles. The van der Waals surface area contributed by atoms with Crippen LogP contribution in [-0.4, -0.2) is 17.4 Å². The lowest BCUT2D eigenvalue weighted by molar-refractivity contribution is -0.110. The van der Waals surface area contributed by atoms with E-state index in [1.807, 2.05) is 6.92 Å². The molecule has 0 bridgehead atoms. The molecule has 3 heteroatoms. The Morgan fingerprint density at radius 1 is 2.00 bits per heavy atom. The van der Waals surface area contributed by atoms with E-state index in [-0.39, 0.29) is 1.43 Å². The van der Waals surface area contributed by atoms with Gasteiger partial charge >= 0.3 is 0 Å². The standard InChI is InChI=1S/C8H13NOS.H2/c1-3-9-6(2)7-4-8(10)11-5-7;/h7,9H,2-5H2,1H3;1H/t7-;/m1./s1. The molecule has 1 saturated heterocycles. The van der Waals surface area contributed by atoms with E-state index in [9.17, 15) is 4.79 Å². The molecule has 0 aromatic rings. The largest absolute Gasteiger partial charge is 0.389 e. The second kappa shape index (κ2) is 3.81. The highest BCUT2D eigenvalue weighted by molar-refractivity contribution is 8.14. The molecule has 1 N–H and O–H groups in total. The van der Waals surface area contributed by atoms with Gasteiger partial charge in [-0.05, 0) is 6.92 Å². The maximum Gasteiger partial charge on any atom is 0.189 e. The maximum atomic E-state index is 10.9. The highest BCUT2D eigenvalue weighted by Crippen LogP contribution is 2.28. The summed E-state index contributed by atoms with van der Waals surface area (Å²) in [5, 5.41) is 3.45. The van der Waals surface area contributed by atoms with Crippen molar-refractivity contribution in [2.75, 3.05) is 12.3 Å². The van der Waals surface area contributed by atoms with Crippen LogP contribution in [0.25, 0.3) is 0 Å². The number of hydrogen-bond acceptors (Lipinski definition) is 3. The van der Waals surface area contributed by atoms with Crippen molar-refractivity contribution in [1.82, 2.24) is 5.32 Å².